The minimum Gasteiger partial charge on any atom is -0.508 e. The number of nitrogens with two attached hydrogens (primary N) is 1. The molecule has 0 radical (unpaired) electrons. The molecule has 25 heavy (non-hydrogen) atoms. The highest BCUT2D eigenvalue weighted by Gasteiger charge is 2.44. The van der Waals surface area contributed by atoms with Crippen molar-refractivity contribution in [2.45, 2.75) is 12.1 Å². The minimum atomic E-state index is -0.439. The monoisotopic (exact) mass is 355 g/mol. The van der Waals surface area contributed by atoms with Crippen molar-refractivity contribution in [2.75, 3.05) is 7.11 Å². The van der Waals surface area contributed by atoms with Gasteiger partial charge in [-0.2, -0.15) is 0 Å². The Labute approximate surface area is 150 Å². The van der Waals surface area contributed by atoms with E-state index < -0.39 is 6.23 Å². The van der Waals surface area contributed by atoms with Crippen LogP contribution in [0.4, 0.5) is 0 Å². The Bertz CT molecular complexity index is 866. The van der Waals surface area contributed by atoms with E-state index in [1.165, 1.54) is 0 Å². The van der Waals surface area contributed by atoms with Crippen molar-refractivity contribution in [1.82, 2.24) is 5.32 Å². The summed E-state index contributed by atoms with van der Waals surface area (Å²) in [4.78, 5) is 4.23. The molecule has 2 aromatic rings. The molecule has 3 atom stereocenters. The first kappa shape index (κ1) is 15.7. The van der Waals surface area contributed by atoms with Crippen LogP contribution >= 0.6 is 12.2 Å². The summed E-state index contributed by atoms with van der Waals surface area (Å²) >= 11 is 5.14. The lowest BCUT2D eigenvalue weighted by Crippen LogP contribution is -2.56. The summed E-state index contributed by atoms with van der Waals surface area (Å²) in [5.74, 6) is 1.67. The first-order valence-corrected chi connectivity index (χ1v) is 8.25. The number of phenolic OH excluding ortho intramolecular Hbond substituents is 1. The summed E-state index contributed by atoms with van der Waals surface area (Å²) in [6.45, 7) is 0. The second-order valence-corrected chi connectivity index (χ2v) is 6.41. The molecule has 0 aliphatic carbocycles. The van der Waals surface area contributed by atoms with Crippen LogP contribution in [-0.2, 0) is 0 Å². The maximum absolute atomic E-state index is 9.82. The first-order valence-electron chi connectivity index (χ1n) is 7.85. The second kappa shape index (κ2) is 5.93. The first-order chi connectivity index (χ1) is 12.1. The van der Waals surface area contributed by atoms with Crippen LogP contribution in [-0.4, -0.2) is 29.4 Å². The molecule has 2 aromatic carbocycles. The van der Waals surface area contributed by atoms with Gasteiger partial charge in [0.2, 0.25) is 0 Å². The lowest BCUT2D eigenvalue weighted by Gasteiger charge is -2.41. The number of fused-ring (bicyclic) bond motifs is 2. The molecule has 0 saturated heterocycles. The number of rotatable bonds is 2. The molecule has 0 bridgehead atoms. The van der Waals surface area contributed by atoms with Crippen molar-refractivity contribution in [2.24, 2.45) is 16.6 Å². The highest BCUT2D eigenvalue weighted by Crippen LogP contribution is 2.45. The van der Waals surface area contributed by atoms with E-state index in [0.717, 1.165) is 16.9 Å². The molecule has 3 unspecified atom stereocenters. The number of aliphatic imine (C=N–C) groups is 1. The minimum absolute atomic E-state index is 0.0837. The van der Waals surface area contributed by atoms with Crippen LogP contribution in [0.1, 0.15) is 17.0 Å². The molecule has 0 aromatic heterocycles. The van der Waals surface area contributed by atoms with Gasteiger partial charge in [0.15, 0.2) is 11.3 Å². The molecule has 2 aliphatic heterocycles. The molecule has 4 N–H and O–H groups in total. The Morgan fingerprint density at radius 1 is 1.24 bits per heavy atom. The average molecular weight is 355 g/mol. The van der Waals surface area contributed by atoms with Crippen molar-refractivity contribution in [3.8, 4) is 17.2 Å². The maximum Gasteiger partial charge on any atom is 0.197 e. The van der Waals surface area contributed by atoms with Crippen molar-refractivity contribution < 1.29 is 14.6 Å². The lowest BCUT2D eigenvalue weighted by molar-refractivity contribution is 0.117. The van der Waals surface area contributed by atoms with Gasteiger partial charge >= 0.3 is 0 Å². The van der Waals surface area contributed by atoms with E-state index in [9.17, 15) is 5.11 Å². The van der Waals surface area contributed by atoms with Crippen LogP contribution in [0, 0.1) is 5.92 Å². The summed E-state index contributed by atoms with van der Waals surface area (Å²) in [7, 11) is 1.63. The number of hydrogen-bond acceptors (Lipinski definition) is 5. The SMILES string of the molecule is COc1ccc(C2c3ccc(O)cc3OC3NC(=S)N=C(N)C32)cc1. The predicted octanol–water partition coefficient (Wildman–Crippen LogP) is 2.11. The van der Waals surface area contributed by atoms with Crippen LogP contribution < -0.4 is 20.5 Å². The van der Waals surface area contributed by atoms with Gasteiger partial charge in [-0.25, -0.2) is 4.99 Å². The molecule has 4 rings (SSSR count). The number of nitrogens with zero attached hydrogens (tertiary/aromatic N) is 1. The molecule has 0 fully saturated rings. The number of aromatic hydroxyl groups is 1. The Kier molecular flexibility index (Phi) is 3.73. The molecule has 6 nitrogen and oxygen atoms in total. The average Bonchev–Trinajstić information content (AvgIpc) is 2.59. The summed E-state index contributed by atoms with van der Waals surface area (Å²) in [6, 6.07) is 12.9. The molecule has 2 aliphatic rings. The number of thiocarbonyl (C=S) groups is 1. The third-order valence-corrected chi connectivity index (χ3v) is 4.79. The number of ether oxygens (including phenoxy) is 2. The van der Waals surface area contributed by atoms with Gasteiger partial charge in [0.05, 0.1) is 13.0 Å². The molecule has 0 saturated carbocycles. The molecule has 7 heteroatoms. The molecule has 0 amide bonds. The Morgan fingerprint density at radius 2 is 2.00 bits per heavy atom. The van der Waals surface area contributed by atoms with E-state index in [-0.39, 0.29) is 17.6 Å². The third-order valence-electron chi connectivity index (χ3n) is 4.58. The zero-order valence-corrected chi connectivity index (χ0v) is 14.3. The fourth-order valence-corrected chi connectivity index (χ4v) is 3.67. The normalized spacial score (nSPS) is 24.3. The van der Waals surface area contributed by atoms with Gasteiger partial charge in [0, 0.05) is 17.5 Å². The Balaban J connectivity index is 1.87. The van der Waals surface area contributed by atoms with Gasteiger partial charge in [-0.05, 0) is 36.0 Å². The molecular formula is C18H17N3O3S. The van der Waals surface area contributed by atoms with E-state index in [0.29, 0.717) is 16.7 Å². The topological polar surface area (TPSA) is 89.1 Å². The zero-order chi connectivity index (χ0) is 17.6. The van der Waals surface area contributed by atoms with E-state index in [1.54, 1.807) is 19.2 Å². The van der Waals surface area contributed by atoms with Crippen LogP contribution in [0.3, 0.4) is 0 Å². The molecule has 128 valence electrons. The summed E-state index contributed by atoms with van der Waals surface area (Å²) in [6.07, 6.45) is -0.439. The molecular weight excluding hydrogens is 338 g/mol. The third kappa shape index (κ3) is 2.66. The Morgan fingerprint density at radius 3 is 2.72 bits per heavy atom. The van der Waals surface area contributed by atoms with Crippen molar-refractivity contribution in [1.29, 1.82) is 0 Å². The van der Waals surface area contributed by atoms with Crippen LogP contribution in [0.15, 0.2) is 47.5 Å². The lowest BCUT2D eigenvalue weighted by atomic mass is 9.76. The maximum atomic E-state index is 9.82. The number of phenols is 1. The van der Waals surface area contributed by atoms with Gasteiger partial charge in [-0.15, -0.1) is 0 Å². The summed E-state index contributed by atoms with van der Waals surface area (Å²) < 4.78 is 11.3. The second-order valence-electron chi connectivity index (χ2n) is 6.02. The smallest absolute Gasteiger partial charge is 0.197 e. The fraction of sp³-hybridized carbons (Fsp3) is 0.222. The van der Waals surface area contributed by atoms with Crippen molar-refractivity contribution >= 4 is 23.2 Å². The van der Waals surface area contributed by atoms with Crippen molar-refractivity contribution in [3.63, 3.8) is 0 Å². The van der Waals surface area contributed by atoms with Gasteiger partial charge < -0.3 is 25.6 Å². The highest BCUT2D eigenvalue weighted by atomic mass is 32.1. The number of hydrogen-bond donors (Lipinski definition) is 3. The van der Waals surface area contributed by atoms with Crippen LogP contribution in [0.25, 0.3) is 0 Å². The van der Waals surface area contributed by atoms with Crippen molar-refractivity contribution in [3.05, 3.63) is 53.6 Å². The van der Waals surface area contributed by atoms with Crippen LogP contribution in [0.5, 0.6) is 17.2 Å². The van der Waals surface area contributed by atoms with E-state index >= 15 is 0 Å². The quantitative estimate of drug-likeness (QED) is 0.715. The Hall–Kier alpha value is -2.80. The fourth-order valence-electron chi connectivity index (χ4n) is 3.45. The van der Waals surface area contributed by atoms with E-state index in [1.807, 2.05) is 30.3 Å². The standard InChI is InChI=1S/C18H17N3O3S/c1-23-11-5-2-9(3-6-11)14-12-7-4-10(22)8-13(12)24-17-15(14)16(19)20-18(25)21-17/h2-8,14-15,17,22H,1H3,(H3,19,20,21,25). The number of benzene rings is 2. The van der Waals surface area contributed by atoms with Gasteiger partial charge in [0.25, 0.3) is 0 Å². The van der Waals surface area contributed by atoms with Gasteiger partial charge in [-0.3, -0.25) is 0 Å². The van der Waals surface area contributed by atoms with Gasteiger partial charge in [-0.1, -0.05) is 18.2 Å². The largest absolute Gasteiger partial charge is 0.508 e. The summed E-state index contributed by atoms with van der Waals surface area (Å²) in [5.41, 5.74) is 8.22. The van der Waals surface area contributed by atoms with E-state index in [4.69, 9.17) is 27.4 Å². The van der Waals surface area contributed by atoms with Gasteiger partial charge in [0.1, 0.15) is 23.1 Å². The molecule has 0 spiro atoms. The zero-order valence-electron chi connectivity index (χ0n) is 13.5. The summed E-state index contributed by atoms with van der Waals surface area (Å²) in [5, 5.41) is 13.2. The predicted molar refractivity (Wildman–Crippen MR) is 98.2 cm³/mol. The highest BCUT2D eigenvalue weighted by molar-refractivity contribution is 7.80. The molecule has 2 heterocycles. The number of nitrogens with one attached hydrogen (secondary N) is 1. The number of amidine groups is 1. The van der Waals surface area contributed by atoms with E-state index in [2.05, 4.69) is 10.3 Å². The van der Waals surface area contributed by atoms with Crippen LogP contribution in [0.2, 0.25) is 0 Å². The number of methoxy groups -OCH3 is 1.